The monoisotopic (exact) mass is 239 g/mol. The lowest BCUT2D eigenvalue weighted by Crippen LogP contribution is -2.61. The molecule has 3 heteroatoms. The Bertz CT molecular complexity index is 224. The van der Waals surface area contributed by atoms with Crippen molar-refractivity contribution in [3.8, 4) is 0 Å². The van der Waals surface area contributed by atoms with E-state index in [1.54, 1.807) is 0 Å². The second kappa shape index (κ2) is 5.68. The average Bonchev–Trinajstić information content (AvgIpc) is 2.25. The maximum Gasteiger partial charge on any atom is 0.0107 e. The van der Waals surface area contributed by atoms with Crippen molar-refractivity contribution in [2.24, 2.45) is 11.3 Å². The van der Waals surface area contributed by atoms with Crippen molar-refractivity contribution in [2.45, 2.75) is 26.7 Å². The zero-order valence-electron chi connectivity index (χ0n) is 11.8. The van der Waals surface area contributed by atoms with Gasteiger partial charge in [0.05, 0.1) is 0 Å². The highest BCUT2D eigenvalue weighted by atomic mass is 15.2. The van der Waals surface area contributed by atoms with Crippen molar-refractivity contribution in [1.82, 2.24) is 15.1 Å². The highest BCUT2D eigenvalue weighted by molar-refractivity contribution is 4.98. The number of hydrogen-bond donors (Lipinski definition) is 1. The maximum atomic E-state index is 3.24. The van der Waals surface area contributed by atoms with Crippen LogP contribution in [0.3, 0.4) is 0 Å². The summed E-state index contributed by atoms with van der Waals surface area (Å²) in [5.74, 6) is 0.817. The number of nitrogens with zero attached hydrogens (tertiary/aromatic N) is 2. The van der Waals surface area contributed by atoms with Crippen LogP contribution >= 0.6 is 0 Å². The molecule has 0 saturated carbocycles. The molecular weight excluding hydrogens is 210 g/mol. The largest absolute Gasteiger partial charge is 0.318 e. The average molecular weight is 239 g/mol. The molecule has 100 valence electrons. The molecule has 0 atom stereocenters. The zero-order chi connectivity index (χ0) is 12.3. The minimum atomic E-state index is 0.696. The summed E-state index contributed by atoms with van der Waals surface area (Å²) in [5, 5.41) is 3.24. The highest BCUT2D eigenvalue weighted by Gasteiger charge is 2.44. The first kappa shape index (κ1) is 13.3. The molecule has 0 aromatic heterocycles. The first-order valence-corrected chi connectivity index (χ1v) is 7.23. The predicted molar refractivity (Wildman–Crippen MR) is 73.3 cm³/mol. The van der Waals surface area contributed by atoms with Gasteiger partial charge in [-0.05, 0) is 44.3 Å². The summed E-state index contributed by atoms with van der Waals surface area (Å²) in [6.45, 7) is 13.7. The SMILES string of the molecule is CNCCN1CC2(CCN(CC(C)C)CC2)C1. The molecule has 0 aromatic rings. The molecular formula is C14H29N3. The van der Waals surface area contributed by atoms with Crippen LogP contribution < -0.4 is 5.32 Å². The molecule has 2 fully saturated rings. The Morgan fingerprint density at radius 1 is 1.12 bits per heavy atom. The Morgan fingerprint density at radius 3 is 2.29 bits per heavy atom. The lowest BCUT2D eigenvalue weighted by Gasteiger charge is -2.54. The molecule has 0 aliphatic carbocycles. The van der Waals surface area contributed by atoms with Crippen molar-refractivity contribution in [3.05, 3.63) is 0 Å². The maximum absolute atomic E-state index is 3.24. The standard InChI is InChI=1S/C14H29N3/c1-13(2)10-16-7-4-14(5-8-16)11-17(12-14)9-6-15-3/h13,15H,4-12H2,1-3H3. The topological polar surface area (TPSA) is 18.5 Å². The fraction of sp³-hybridized carbons (Fsp3) is 1.00. The van der Waals surface area contributed by atoms with Crippen LogP contribution in [0, 0.1) is 11.3 Å². The van der Waals surface area contributed by atoms with Crippen molar-refractivity contribution in [1.29, 1.82) is 0 Å². The fourth-order valence-corrected chi connectivity index (χ4v) is 3.37. The Kier molecular flexibility index (Phi) is 4.45. The molecule has 17 heavy (non-hydrogen) atoms. The zero-order valence-corrected chi connectivity index (χ0v) is 11.8. The Balaban J connectivity index is 1.66. The van der Waals surface area contributed by atoms with Gasteiger partial charge in [0.15, 0.2) is 0 Å². The summed E-state index contributed by atoms with van der Waals surface area (Å²) in [5.41, 5.74) is 0.696. The fourth-order valence-electron chi connectivity index (χ4n) is 3.37. The van der Waals surface area contributed by atoms with Crippen LogP contribution in [0.1, 0.15) is 26.7 Å². The van der Waals surface area contributed by atoms with Crippen LogP contribution in [0.15, 0.2) is 0 Å². The Morgan fingerprint density at radius 2 is 1.76 bits per heavy atom. The first-order valence-electron chi connectivity index (χ1n) is 7.23. The van der Waals surface area contributed by atoms with E-state index in [4.69, 9.17) is 0 Å². The summed E-state index contributed by atoms with van der Waals surface area (Å²) in [6, 6.07) is 0. The molecule has 2 rings (SSSR count). The third-order valence-corrected chi connectivity index (χ3v) is 4.34. The summed E-state index contributed by atoms with van der Waals surface area (Å²) < 4.78 is 0. The third-order valence-electron chi connectivity index (χ3n) is 4.34. The second-order valence-electron chi connectivity index (χ2n) is 6.51. The van der Waals surface area contributed by atoms with Gasteiger partial charge in [-0.2, -0.15) is 0 Å². The normalized spacial score (nSPS) is 25.4. The van der Waals surface area contributed by atoms with Gasteiger partial charge in [-0.1, -0.05) is 13.8 Å². The number of piperidine rings is 1. The van der Waals surface area contributed by atoms with Gasteiger partial charge in [-0.25, -0.2) is 0 Å². The molecule has 0 unspecified atom stereocenters. The summed E-state index contributed by atoms with van der Waals surface area (Å²) in [6.07, 6.45) is 2.85. The van der Waals surface area contributed by atoms with E-state index >= 15 is 0 Å². The van der Waals surface area contributed by atoms with E-state index in [1.165, 1.54) is 52.1 Å². The van der Waals surface area contributed by atoms with Gasteiger partial charge in [0, 0.05) is 32.7 Å². The molecule has 1 spiro atoms. The van der Waals surface area contributed by atoms with E-state index in [0.29, 0.717) is 5.41 Å². The van der Waals surface area contributed by atoms with E-state index < -0.39 is 0 Å². The van der Waals surface area contributed by atoms with E-state index in [1.807, 2.05) is 7.05 Å². The molecule has 2 aliphatic rings. The summed E-state index contributed by atoms with van der Waals surface area (Å²) >= 11 is 0. The molecule has 2 heterocycles. The van der Waals surface area contributed by atoms with Gasteiger partial charge in [-0.15, -0.1) is 0 Å². The van der Waals surface area contributed by atoms with Crippen molar-refractivity contribution < 1.29 is 0 Å². The van der Waals surface area contributed by atoms with Crippen molar-refractivity contribution >= 4 is 0 Å². The van der Waals surface area contributed by atoms with Crippen LogP contribution in [0.2, 0.25) is 0 Å². The number of rotatable bonds is 5. The molecule has 1 N–H and O–H groups in total. The van der Waals surface area contributed by atoms with Gasteiger partial charge in [0.25, 0.3) is 0 Å². The van der Waals surface area contributed by atoms with Crippen LogP contribution in [0.25, 0.3) is 0 Å². The quantitative estimate of drug-likeness (QED) is 0.779. The first-order chi connectivity index (χ1) is 8.13. The van der Waals surface area contributed by atoms with Crippen LogP contribution in [-0.4, -0.2) is 62.7 Å². The number of nitrogens with one attached hydrogen (secondary N) is 1. The number of likely N-dealkylation sites (tertiary alicyclic amines) is 2. The predicted octanol–water partition coefficient (Wildman–Crippen LogP) is 1.26. The number of hydrogen-bond acceptors (Lipinski definition) is 3. The van der Waals surface area contributed by atoms with Crippen LogP contribution in [0.5, 0.6) is 0 Å². The lowest BCUT2D eigenvalue weighted by atomic mass is 9.72. The van der Waals surface area contributed by atoms with E-state index in [0.717, 1.165) is 12.5 Å². The van der Waals surface area contributed by atoms with Crippen LogP contribution in [-0.2, 0) is 0 Å². The van der Waals surface area contributed by atoms with Crippen molar-refractivity contribution in [2.75, 3.05) is 52.9 Å². The summed E-state index contributed by atoms with van der Waals surface area (Å²) in [4.78, 5) is 5.26. The van der Waals surface area contributed by atoms with Crippen molar-refractivity contribution in [3.63, 3.8) is 0 Å². The summed E-state index contributed by atoms with van der Waals surface area (Å²) in [7, 11) is 2.04. The molecule has 2 aliphatic heterocycles. The number of likely N-dealkylation sites (N-methyl/N-ethyl adjacent to an activating group) is 1. The van der Waals surface area contributed by atoms with E-state index in [-0.39, 0.29) is 0 Å². The van der Waals surface area contributed by atoms with Crippen LogP contribution in [0.4, 0.5) is 0 Å². The van der Waals surface area contributed by atoms with Gasteiger partial charge < -0.3 is 15.1 Å². The lowest BCUT2D eigenvalue weighted by molar-refractivity contribution is -0.0466. The molecule has 0 amide bonds. The molecule has 2 saturated heterocycles. The van der Waals surface area contributed by atoms with Gasteiger partial charge >= 0.3 is 0 Å². The molecule has 0 aromatic carbocycles. The van der Waals surface area contributed by atoms with E-state index in [2.05, 4.69) is 29.0 Å². The molecule has 0 bridgehead atoms. The van der Waals surface area contributed by atoms with Gasteiger partial charge in [0.2, 0.25) is 0 Å². The van der Waals surface area contributed by atoms with Gasteiger partial charge in [0.1, 0.15) is 0 Å². The minimum absolute atomic E-state index is 0.696. The van der Waals surface area contributed by atoms with Gasteiger partial charge in [-0.3, -0.25) is 0 Å². The Hall–Kier alpha value is -0.120. The third kappa shape index (κ3) is 3.43. The van der Waals surface area contributed by atoms with E-state index in [9.17, 15) is 0 Å². The minimum Gasteiger partial charge on any atom is -0.318 e. The highest BCUT2D eigenvalue weighted by Crippen LogP contribution is 2.40. The second-order valence-corrected chi connectivity index (χ2v) is 6.51. The molecule has 0 radical (unpaired) electrons. The Labute approximate surface area is 107 Å². The smallest absolute Gasteiger partial charge is 0.0107 e. The molecule has 3 nitrogen and oxygen atoms in total.